The second-order valence-electron chi connectivity index (χ2n) is 3.39. The first-order valence-corrected chi connectivity index (χ1v) is 6.15. The van der Waals surface area contributed by atoms with Gasteiger partial charge in [-0.1, -0.05) is 23.9 Å². The average Bonchev–Trinajstić information content (AvgIpc) is 2.34. The third kappa shape index (κ3) is 4.21. The maximum atomic E-state index is 10.7. The molecule has 6 heteroatoms. The number of ether oxygens (including phenoxy) is 1. The van der Waals surface area contributed by atoms with Gasteiger partial charge in [0.05, 0.1) is 18.1 Å². The molecule has 5 nitrogen and oxygen atoms in total. The fourth-order valence-electron chi connectivity index (χ4n) is 1.29. The lowest BCUT2D eigenvalue weighted by Gasteiger charge is -2.04. The molecular weight excluding hydrogens is 254 g/mol. The average molecular weight is 267 g/mol. The summed E-state index contributed by atoms with van der Waals surface area (Å²) in [7, 11) is 1.46. The summed E-state index contributed by atoms with van der Waals surface area (Å²) >= 11 is 1.20. The van der Waals surface area contributed by atoms with Gasteiger partial charge in [-0.15, -0.1) is 0 Å². The van der Waals surface area contributed by atoms with Crippen LogP contribution >= 0.6 is 11.8 Å². The summed E-state index contributed by atoms with van der Waals surface area (Å²) in [5, 5.41) is 10.7. The predicted molar refractivity (Wildman–Crippen MR) is 71.8 cm³/mol. The van der Waals surface area contributed by atoms with Crippen molar-refractivity contribution in [3.05, 3.63) is 40.0 Å². The summed E-state index contributed by atoms with van der Waals surface area (Å²) in [4.78, 5) is 20.9. The molecule has 96 valence electrons. The Kier molecular flexibility index (Phi) is 5.38. The summed E-state index contributed by atoms with van der Waals surface area (Å²) in [6.45, 7) is 1.50. The molecule has 0 fully saturated rings. The lowest BCUT2D eigenvalue weighted by Crippen LogP contribution is -1.92. The first-order chi connectivity index (χ1) is 8.54. The second kappa shape index (κ2) is 6.80. The minimum Gasteiger partial charge on any atom is -0.496 e. The zero-order valence-electron chi connectivity index (χ0n) is 10.1. The fourth-order valence-corrected chi connectivity index (χ4v) is 1.72. The maximum Gasteiger partial charge on any atom is 0.273 e. The molecule has 0 saturated carbocycles. The predicted octanol–water partition coefficient (Wildman–Crippen LogP) is 2.90. The van der Waals surface area contributed by atoms with Crippen molar-refractivity contribution in [1.29, 1.82) is 0 Å². The fraction of sp³-hybridized carbons (Fsp3) is 0.250. The molecule has 0 aliphatic rings. The third-order valence-corrected chi connectivity index (χ3v) is 2.87. The molecule has 1 aromatic carbocycles. The van der Waals surface area contributed by atoms with Gasteiger partial charge >= 0.3 is 0 Å². The van der Waals surface area contributed by atoms with Crippen LogP contribution < -0.4 is 4.74 Å². The number of nitro benzene ring substituents is 1. The minimum absolute atomic E-state index is 0.0119. The van der Waals surface area contributed by atoms with E-state index in [9.17, 15) is 14.9 Å². The highest BCUT2D eigenvalue weighted by Gasteiger charge is 2.09. The molecule has 0 amide bonds. The zero-order chi connectivity index (χ0) is 13.5. The first-order valence-electron chi connectivity index (χ1n) is 5.17. The van der Waals surface area contributed by atoms with E-state index in [1.165, 1.54) is 37.9 Å². The quantitative estimate of drug-likeness (QED) is 0.606. The van der Waals surface area contributed by atoms with Crippen LogP contribution in [0.5, 0.6) is 5.75 Å². The number of rotatable bonds is 5. The van der Waals surface area contributed by atoms with Crippen molar-refractivity contribution in [3.63, 3.8) is 0 Å². The number of benzene rings is 1. The van der Waals surface area contributed by atoms with E-state index in [-0.39, 0.29) is 10.8 Å². The molecule has 0 unspecified atom stereocenters. The van der Waals surface area contributed by atoms with Gasteiger partial charge in [0, 0.05) is 24.3 Å². The summed E-state index contributed by atoms with van der Waals surface area (Å²) in [6.07, 6.45) is 3.59. The van der Waals surface area contributed by atoms with Crippen molar-refractivity contribution >= 4 is 28.6 Å². The smallest absolute Gasteiger partial charge is 0.273 e. The van der Waals surface area contributed by atoms with Gasteiger partial charge in [-0.2, -0.15) is 0 Å². The van der Waals surface area contributed by atoms with E-state index < -0.39 is 4.92 Å². The highest BCUT2D eigenvalue weighted by Crippen LogP contribution is 2.25. The summed E-state index contributed by atoms with van der Waals surface area (Å²) in [5.74, 6) is 1.00. The van der Waals surface area contributed by atoms with E-state index in [1.807, 2.05) is 6.08 Å². The molecule has 0 N–H and O–H groups in total. The summed E-state index contributed by atoms with van der Waals surface area (Å²) in [5.41, 5.74) is 0.731. The SMILES string of the molecule is COc1cc([N+](=O)[O-])ccc1C=CCSC(C)=O. The Bertz CT molecular complexity index is 485. The minimum atomic E-state index is -0.471. The Morgan fingerprint density at radius 2 is 2.28 bits per heavy atom. The van der Waals surface area contributed by atoms with Gasteiger partial charge in [0.2, 0.25) is 0 Å². The summed E-state index contributed by atoms with van der Waals surface area (Å²) in [6, 6.07) is 4.41. The molecule has 0 saturated heterocycles. The number of hydrogen-bond acceptors (Lipinski definition) is 5. The summed E-state index contributed by atoms with van der Waals surface area (Å²) < 4.78 is 5.08. The van der Waals surface area contributed by atoms with Crippen LogP contribution in [-0.4, -0.2) is 22.9 Å². The van der Waals surface area contributed by atoms with E-state index in [2.05, 4.69) is 0 Å². The molecule has 0 aromatic heterocycles. The highest BCUT2D eigenvalue weighted by atomic mass is 32.2. The van der Waals surface area contributed by atoms with Crippen LogP contribution in [-0.2, 0) is 4.79 Å². The second-order valence-corrected chi connectivity index (χ2v) is 4.59. The van der Waals surface area contributed by atoms with Crippen LogP contribution in [0.1, 0.15) is 12.5 Å². The molecule has 18 heavy (non-hydrogen) atoms. The largest absolute Gasteiger partial charge is 0.496 e. The van der Waals surface area contributed by atoms with Gasteiger partial charge in [0.1, 0.15) is 5.75 Å². The molecule has 0 bridgehead atoms. The van der Waals surface area contributed by atoms with Crippen LogP contribution in [0, 0.1) is 10.1 Å². The number of hydrogen-bond donors (Lipinski definition) is 0. The zero-order valence-corrected chi connectivity index (χ0v) is 10.9. The van der Waals surface area contributed by atoms with Crippen molar-refractivity contribution in [1.82, 2.24) is 0 Å². The van der Waals surface area contributed by atoms with Crippen molar-refractivity contribution < 1.29 is 14.5 Å². The number of carbonyl (C=O) groups is 1. The van der Waals surface area contributed by atoms with Crippen LogP contribution in [0.25, 0.3) is 6.08 Å². The van der Waals surface area contributed by atoms with E-state index in [0.29, 0.717) is 11.5 Å². The van der Waals surface area contributed by atoms with Gasteiger partial charge in [0.15, 0.2) is 5.12 Å². The van der Waals surface area contributed by atoms with Gasteiger partial charge < -0.3 is 4.74 Å². The number of nitro groups is 1. The van der Waals surface area contributed by atoms with Gasteiger partial charge in [-0.05, 0) is 6.07 Å². The Morgan fingerprint density at radius 1 is 1.56 bits per heavy atom. The Morgan fingerprint density at radius 3 is 2.83 bits per heavy atom. The normalized spacial score (nSPS) is 10.6. The number of non-ortho nitro benzene ring substituents is 1. The van der Waals surface area contributed by atoms with Crippen molar-refractivity contribution in [3.8, 4) is 5.75 Å². The maximum absolute atomic E-state index is 10.7. The standard InChI is InChI=1S/C12H13NO4S/c1-9(14)18-7-3-4-10-5-6-11(13(15)16)8-12(10)17-2/h3-6,8H,7H2,1-2H3. The molecular formula is C12H13NO4S. The number of methoxy groups -OCH3 is 1. The van der Waals surface area contributed by atoms with Gasteiger partial charge in [0.25, 0.3) is 5.69 Å². The van der Waals surface area contributed by atoms with E-state index in [0.717, 1.165) is 5.56 Å². The first kappa shape index (κ1) is 14.2. The van der Waals surface area contributed by atoms with Crippen molar-refractivity contribution in [2.24, 2.45) is 0 Å². The molecule has 0 atom stereocenters. The lowest BCUT2D eigenvalue weighted by atomic mass is 10.1. The molecule has 0 radical (unpaired) electrons. The van der Waals surface area contributed by atoms with Crippen LogP contribution in [0.2, 0.25) is 0 Å². The molecule has 1 rings (SSSR count). The lowest BCUT2D eigenvalue weighted by molar-refractivity contribution is -0.384. The number of nitrogens with zero attached hydrogens (tertiary/aromatic N) is 1. The van der Waals surface area contributed by atoms with Crippen LogP contribution in [0.4, 0.5) is 5.69 Å². The Hall–Kier alpha value is -1.82. The third-order valence-electron chi connectivity index (χ3n) is 2.11. The van der Waals surface area contributed by atoms with Crippen LogP contribution in [0.3, 0.4) is 0 Å². The number of thioether (sulfide) groups is 1. The van der Waals surface area contributed by atoms with Crippen molar-refractivity contribution in [2.45, 2.75) is 6.92 Å². The molecule has 1 aromatic rings. The molecule has 0 heterocycles. The molecule has 0 spiro atoms. The van der Waals surface area contributed by atoms with E-state index >= 15 is 0 Å². The topological polar surface area (TPSA) is 69.4 Å². The van der Waals surface area contributed by atoms with E-state index in [1.54, 1.807) is 12.1 Å². The molecule has 0 aliphatic heterocycles. The van der Waals surface area contributed by atoms with Crippen LogP contribution in [0.15, 0.2) is 24.3 Å². The van der Waals surface area contributed by atoms with Gasteiger partial charge in [-0.3, -0.25) is 14.9 Å². The monoisotopic (exact) mass is 267 g/mol. The van der Waals surface area contributed by atoms with Crippen molar-refractivity contribution in [2.75, 3.05) is 12.9 Å². The number of carbonyl (C=O) groups excluding carboxylic acids is 1. The highest BCUT2D eigenvalue weighted by molar-refractivity contribution is 8.13. The Balaban J connectivity index is 2.82. The molecule has 0 aliphatic carbocycles. The van der Waals surface area contributed by atoms with E-state index in [4.69, 9.17) is 4.74 Å². The van der Waals surface area contributed by atoms with Gasteiger partial charge in [-0.25, -0.2) is 0 Å². The Labute approximate surface area is 109 Å².